The molecule has 144 valence electrons. The predicted molar refractivity (Wildman–Crippen MR) is 112 cm³/mol. The van der Waals surface area contributed by atoms with Crippen LogP contribution in [0, 0.1) is 0 Å². The number of aromatic nitrogens is 3. The van der Waals surface area contributed by atoms with Gasteiger partial charge in [0.15, 0.2) is 0 Å². The molecule has 0 aliphatic rings. The molecule has 0 bridgehead atoms. The van der Waals surface area contributed by atoms with Crippen molar-refractivity contribution in [2.75, 3.05) is 0 Å². The smallest absolute Gasteiger partial charge is 0.342 e. The fraction of sp³-hybridized carbons (Fsp3) is 0.150. The van der Waals surface area contributed by atoms with Gasteiger partial charge < -0.3 is 9.84 Å². The summed E-state index contributed by atoms with van der Waals surface area (Å²) in [4.78, 5) is 15.9. The quantitative estimate of drug-likeness (QED) is 0.366. The fourth-order valence-corrected chi connectivity index (χ4v) is 3.26. The summed E-state index contributed by atoms with van der Waals surface area (Å²) in [5.74, 6) is 0.411. The molecule has 2 aromatic carbocycles. The molecular formula is C20H18BrN3O3S. The van der Waals surface area contributed by atoms with Gasteiger partial charge in [-0.15, -0.1) is 5.10 Å². The number of halogens is 1. The highest BCUT2D eigenvalue weighted by Gasteiger charge is 2.13. The molecule has 0 unspecified atom stereocenters. The highest BCUT2D eigenvalue weighted by Crippen LogP contribution is 2.26. The van der Waals surface area contributed by atoms with Crippen LogP contribution in [0.3, 0.4) is 0 Å². The number of thioether (sulfide) groups is 1. The third-order valence-electron chi connectivity index (χ3n) is 3.75. The molecule has 3 rings (SSSR count). The second kappa shape index (κ2) is 9.57. The number of ether oxygens (including phenoxy) is 1. The number of aromatic amines is 1. The van der Waals surface area contributed by atoms with Gasteiger partial charge in [-0.2, -0.15) is 0 Å². The van der Waals surface area contributed by atoms with E-state index in [4.69, 9.17) is 4.74 Å². The molecule has 0 aliphatic carbocycles. The Kier molecular flexibility index (Phi) is 6.89. The molecule has 0 fully saturated rings. The van der Waals surface area contributed by atoms with Crippen molar-refractivity contribution in [3.63, 3.8) is 0 Å². The van der Waals surface area contributed by atoms with E-state index in [2.05, 4.69) is 31.1 Å². The largest absolute Gasteiger partial charge is 0.489 e. The van der Waals surface area contributed by atoms with E-state index < -0.39 is 5.97 Å². The van der Waals surface area contributed by atoms with E-state index in [0.717, 1.165) is 33.2 Å². The Morgan fingerprint density at radius 3 is 2.54 bits per heavy atom. The van der Waals surface area contributed by atoms with Crippen molar-refractivity contribution in [3.8, 4) is 5.75 Å². The maximum absolute atomic E-state index is 11.6. The lowest BCUT2D eigenvalue weighted by molar-refractivity contribution is -0.131. The van der Waals surface area contributed by atoms with Crippen molar-refractivity contribution in [1.82, 2.24) is 15.2 Å². The molecule has 0 saturated heterocycles. The number of hydrogen-bond donors (Lipinski definition) is 2. The molecule has 0 atom stereocenters. The molecule has 0 saturated carbocycles. The number of benzene rings is 2. The summed E-state index contributed by atoms with van der Waals surface area (Å²) in [6.07, 6.45) is 2.30. The van der Waals surface area contributed by atoms with Gasteiger partial charge in [-0.3, -0.25) is 5.10 Å². The van der Waals surface area contributed by atoms with Gasteiger partial charge in [-0.25, -0.2) is 9.78 Å². The van der Waals surface area contributed by atoms with Crippen molar-refractivity contribution in [2.45, 2.75) is 25.1 Å². The molecule has 0 aliphatic heterocycles. The van der Waals surface area contributed by atoms with E-state index in [1.165, 1.54) is 0 Å². The molecule has 8 heteroatoms. The topological polar surface area (TPSA) is 88.1 Å². The summed E-state index contributed by atoms with van der Waals surface area (Å²) < 4.78 is 6.79. The summed E-state index contributed by atoms with van der Waals surface area (Å²) in [6.45, 7) is 2.41. The third kappa shape index (κ3) is 5.71. The highest BCUT2D eigenvalue weighted by atomic mass is 79.9. The number of carbonyl (C=O) groups is 1. The van der Waals surface area contributed by atoms with Crippen LogP contribution in [0.4, 0.5) is 0 Å². The Labute approximate surface area is 175 Å². The first-order valence-electron chi connectivity index (χ1n) is 8.55. The minimum atomic E-state index is -1.02. The molecular weight excluding hydrogens is 442 g/mol. The molecule has 0 radical (unpaired) electrons. The van der Waals surface area contributed by atoms with Crippen molar-refractivity contribution in [2.24, 2.45) is 0 Å². The number of nitrogens with one attached hydrogen (secondary N) is 1. The number of hydrogen-bond acceptors (Lipinski definition) is 5. The summed E-state index contributed by atoms with van der Waals surface area (Å²) in [6, 6.07) is 15.2. The summed E-state index contributed by atoms with van der Waals surface area (Å²) in [7, 11) is 0. The first kappa shape index (κ1) is 20.2. The van der Waals surface area contributed by atoms with Gasteiger partial charge in [0.1, 0.15) is 23.1 Å². The predicted octanol–water partition coefficient (Wildman–Crippen LogP) is 4.93. The minimum Gasteiger partial charge on any atom is -0.489 e. The number of rotatable bonds is 8. The maximum Gasteiger partial charge on any atom is 0.342 e. The Balaban J connectivity index is 1.66. The number of carboxylic acids is 1. The lowest BCUT2D eigenvalue weighted by Crippen LogP contribution is -1.97. The van der Waals surface area contributed by atoms with Crippen molar-refractivity contribution >= 4 is 39.7 Å². The van der Waals surface area contributed by atoms with Crippen LogP contribution in [0.5, 0.6) is 5.75 Å². The molecule has 0 amide bonds. The normalized spacial score (nSPS) is 11.4. The van der Waals surface area contributed by atoms with Crippen LogP contribution in [-0.2, 0) is 17.8 Å². The monoisotopic (exact) mass is 459 g/mol. The van der Waals surface area contributed by atoms with Crippen LogP contribution in [0.2, 0.25) is 0 Å². The van der Waals surface area contributed by atoms with Gasteiger partial charge in [-0.05, 0) is 53.2 Å². The maximum atomic E-state index is 11.6. The Bertz CT molecular complexity index is 969. The molecule has 6 nitrogen and oxygen atoms in total. The van der Waals surface area contributed by atoms with Gasteiger partial charge in [0.25, 0.3) is 0 Å². The van der Waals surface area contributed by atoms with Gasteiger partial charge in [0.05, 0.1) is 0 Å². The Morgan fingerprint density at radius 1 is 1.21 bits per heavy atom. The standard InChI is InChI=1S/C20H18BrN3O3S/c1-2-18-22-20(24-23-18)28-17(19(25)26)11-13-5-9-16(10-6-13)27-12-14-3-7-15(21)8-4-14/h3-11H,2,12H2,1H3,(H,25,26)(H,22,23,24)/b17-11-. The zero-order valence-electron chi connectivity index (χ0n) is 15.1. The molecule has 3 aromatic rings. The first-order valence-corrected chi connectivity index (χ1v) is 10.2. The average molecular weight is 460 g/mol. The zero-order chi connectivity index (χ0) is 19.9. The Hall–Kier alpha value is -2.58. The van der Waals surface area contributed by atoms with Crippen molar-refractivity contribution in [3.05, 3.63) is 74.9 Å². The lowest BCUT2D eigenvalue weighted by Gasteiger charge is -2.07. The van der Waals surface area contributed by atoms with Gasteiger partial charge >= 0.3 is 5.97 Å². The van der Waals surface area contributed by atoms with E-state index in [0.29, 0.717) is 23.9 Å². The van der Waals surface area contributed by atoms with E-state index >= 15 is 0 Å². The summed E-state index contributed by atoms with van der Waals surface area (Å²) >= 11 is 4.42. The molecule has 2 N–H and O–H groups in total. The van der Waals surface area contributed by atoms with E-state index in [1.54, 1.807) is 6.08 Å². The SMILES string of the molecule is CCc1nc(S/C(=C\c2ccc(OCc3ccc(Br)cc3)cc2)C(=O)O)n[nH]1. The molecule has 0 spiro atoms. The number of aliphatic carboxylic acids is 1. The number of nitrogens with zero attached hydrogens (tertiary/aromatic N) is 2. The van der Waals surface area contributed by atoms with Crippen LogP contribution in [0.1, 0.15) is 23.9 Å². The van der Waals surface area contributed by atoms with Crippen LogP contribution < -0.4 is 4.74 Å². The van der Waals surface area contributed by atoms with Crippen LogP contribution in [0.15, 0.2) is 63.1 Å². The minimum absolute atomic E-state index is 0.144. The fourth-order valence-electron chi connectivity index (χ4n) is 2.27. The third-order valence-corrected chi connectivity index (χ3v) is 5.16. The van der Waals surface area contributed by atoms with Gasteiger partial charge in [0.2, 0.25) is 5.16 Å². The van der Waals surface area contributed by atoms with E-state index in [9.17, 15) is 9.90 Å². The highest BCUT2D eigenvalue weighted by molar-refractivity contribution is 9.10. The summed E-state index contributed by atoms with van der Waals surface area (Å²) in [5.41, 5.74) is 1.82. The second-order valence-electron chi connectivity index (χ2n) is 5.82. The van der Waals surface area contributed by atoms with Gasteiger partial charge in [-0.1, -0.05) is 47.1 Å². The number of aryl methyl sites for hydroxylation is 1. The second-order valence-corrected chi connectivity index (χ2v) is 7.74. The van der Waals surface area contributed by atoms with Crippen LogP contribution in [-0.4, -0.2) is 26.3 Å². The van der Waals surface area contributed by atoms with Crippen LogP contribution in [0.25, 0.3) is 6.08 Å². The lowest BCUT2D eigenvalue weighted by atomic mass is 10.2. The van der Waals surface area contributed by atoms with E-state index in [1.807, 2.05) is 55.5 Å². The first-order chi connectivity index (χ1) is 13.5. The number of H-pyrrole nitrogens is 1. The van der Waals surface area contributed by atoms with Crippen molar-refractivity contribution in [1.29, 1.82) is 0 Å². The average Bonchev–Trinajstić information content (AvgIpc) is 3.16. The molecule has 1 heterocycles. The zero-order valence-corrected chi connectivity index (χ0v) is 17.5. The van der Waals surface area contributed by atoms with Gasteiger partial charge in [0, 0.05) is 10.9 Å². The van der Waals surface area contributed by atoms with E-state index in [-0.39, 0.29) is 4.91 Å². The van der Waals surface area contributed by atoms with Crippen molar-refractivity contribution < 1.29 is 14.6 Å². The Morgan fingerprint density at radius 2 is 1.93 bits per heavy atom. The van der Waals surface area contributed by atoms with Crippen LogP contribution >= 0.6 is 27.7 Å². The molecule has 1 aromatic heterocycles. The summed E-state index contributed by atoms with van der Waals surface area (Å²) in [5, 5.41) is 16.7. The number of carboxylic acid groups (broad SMARTS) is 1. The molecule has 28 heavy (non-hydrogen) atoms.